The third kappa shape index (κ3) is 9.55. The number of carbonyl (C=O) groups is 2. The Hall–Kier alpha value is -3.05. The molecule has 8 rings (SSSR count). The van der Waals surface area contributed by atoms with Crippen molar-refractivity contribution in [1.82, 2.24) is 9.88 Å². The number of hydrogen-bond donors (Lipinski definition) is 2. The van der Waals surface area contributed by atoms with Crippen LogP contribution < -0.4 is 5.32 Å². The van der Waals surface area contributed by atoms with Crippen LogP contribution in [0.4, 0.5) is 5.69 Å². The van der Waals surface area contributed by atoms with Gasteiger partial charge in [-0.05, 0) is 121 Å². The van der Waals surface area contributed by atoms with Gasteiger partial charge in [0.2, 0.25) is 0 Å². The Morgan fingerprint density at radius 3 is 2.36 bits per heavy atom. The Morgan fingerprint density at radius 1 is 0.891 bits per heavy atom. The molecule has 0 amide bonds. The van der Waals surface area contributed by atoms with Gasteiger partial charge >= 0.3 is 5.97 Å². The number of pyridine rings is 1. The van der Waals surface area contributed by atoms with Crippen molar-refractivity contribution in [3.05, 3.63) is 48.2 Å². The van der Waals surface area contributed by atoms with Crippen molar-refractivity contribution >= 4 is 28.3 Å². The molecule has 1 aromatic heterocycles. The van der Waals surface area contributed by atoms with Crippen LogP contribution in [0.15, 0.2) is 48.2 Å². The zero-order valence-electron chi connectivity index (χ0n) is 39.3. The summed E-state index contributed by atoms with van der Waals surface area (Å²) in [5, 5.41) is 17.4. The van der Waals surface area contributed by atoms with Crippen LogP contribution >= 0.6 is 0 Å². The topological polar surface area (TPSA) is 156 Å². The van der Waals surface area contributed by atoms with Crippen molar-refractivity contribution in [2.45, 2.75) is 165 Å². The molecule has 3 unspecified atom stereocenters. The van der Waals surface area contributed by atoms with E-state index in [0.717, 1.165) is 35.9 Å². The number of aliphatic hydroxyl groups excluding tert-OH is 1. The van der Waals surface area contributed by atoms with Gasteiger partial charge in [-0.3, -0.25) is 14.6 Å². The van der Waals surface area contributed by atoms with Gasteiger partial charge in [-0.2, -0.15) is 0 Å². The minimum atomic E-state index is -0.839. The number of benzene rings is 1. The maximum absolute atomic E-state index is 15.3. The van der Waals surface area contributed by atoms with E-state index in [1.165, 1.54) is 0 Å². The molecule has 14 heteroatoms. The minimum absolute atomic E-state index is 0.0158. The molecule has 2 N–H and O–H groups in total. The number of methoxy groups -OCH3 is 3. The van der Waals surface area contributed by atoms with E-state index in [9.17, 15) is 9.90 Å². The number of carbonyl (C=O) groups excluding carboxylic acids is 2. The zero-order chi connectivity index (χ0) is 45.4. The summed E-state index contributed by atoms with van der Waals surface area (Å²) in [4.78, 5) is 36.3. The van der Waals surface area contributed by atoms with E-state index in [-0.39, 0.29) is 72.4 Å². The number of rotatable bonds is 11. The van der Waals surface area contributed by atoms with E-state index in [1.807, 2.05) is 45.0 Å². The van der Waals surface area contributed by atoms with Crippen LogP contribution in [-0.4, -0.2) is 142 Å². The number of ether oxygens (including phenoxy) is 8. The standard InChI is InChI=1S/C50H73N3O11/c1-10-31-15-13-17-40(64-42-19-18-39(53(5)6)27(3)60-42)26(2)45(55)37-23-34-33-21-32(63-50-49(59-9)48(58-8)47(57-7)28(4)61-50)22-36(33)46(56)44(43(34)35(37)24-41(54)62-31)52-30-20-29-14-11-12-16-38(29)51-25-30/h11-12,14,16,20,23,25-28,31-36,39-40,42-44,46-50,52,56H,10,13,15,17-19,21-22,24H2,1-9H3/t26-,27?,28?,31+,32+,33+,34+,35-,36-,39+,40+,42+,43-,44-,46-,47+,48?,49+,50+/m1/s1. The summed E-state index contributed by atoms with van der Waals surface area (Å²) in [6.07, 6.45) is 5.07. The van der Waals surface area contributed by atoms with Gasteiger partial charge < -0.3 is 53.2 Å². The SMILES string of the molecule is CC[C@H]1CCC[C@H](O[C@H]2CC[C@H](N(C)C)C(C)O2)[C@@H](C)C(=O)C2=C[C@H]3[C@@H]4C[C@H](O[C@@H]5OC(C)[C@H](OC)C(OC)[C@@H]5OC)C[C@H]4[C@@H](O)[C@H](Nc4cnc5ccccc5c4)[C@H]3[C@@H]2CC(=O)O1. The fourth-order valence-corrected chi connectivity index (χ4v) is 12.5. The van der Waals surface area contributed by atoms with Gasteiger partial charge in [0.05, 0.1) is 60.4 Å². The Bertz CT molecular complexity index is 1950. The third-order valence-electron chi connectivity index (χ3n) is 15.8. The second-order valence-corrected chi connectivity index (χ2v) is 19.7. The number of fused-ring (bicyclic) bond motifs is 6. The van der Waals surface area contributed by atoms with Crippen LogP contribution in [0.2, 0.25) is 0 Å². The van der Waals surface area contributed by atoms with Gasteiger partial charge in [0.15, 0.2) is 18.4 Å². The number of anilines is 1. The van der Waals surface area contributed by atoms with Crippen LogP contribution in [0.3, 0.4) is 0 Å². The lowest BCUT2D eigenvalue weighted by Crippen LogP contribution is -2.59. The van der Waals surface area contributed by atoms with Crippen LogP contribution in [0.1, 0.15) is 85.5 Å². The lowest BCUT2D eigenvalue weighted by atomic mass is 9.62. The van der Waals surface area contributed by atoms with Crippen molar-refractivity contribution in [3.8, 4) is 0 Å². The van der Waals surface area contributed by atoms with Crippen LogP contribution in [0.5, 0.6) is 0 Å². The average molecular weight is 892 g/mol. The molecule has 354 valence electrons. The number of nitrogens with zero attached hydrogens (tertiary/aromatic N) is 2. The molecule has 3 saturated heterocycles. The fourth-order valence-electron chi connectivity index (χ4n) is 12.5. The van der Waals surface area contributed by atoms with Gasteiger partial charge in [0, 0.05) is 44.6 Å². The van der Waals surface area contributed by atoms with Crippen molar-refractivity contribution < 1.29 is 52.6 Å². The van der Waals surface area contributed by atoms with Crippen molar-refractivity contribution in [2.75, 3.05) is 40.7 Å². The molecule has 6 aliphatic rings. The molecule has 4 heterocycles. The molecule has 0 radical (unpaired) electrons. The number of ketones is 1. The highest BCUT2D eigenvalue weighted by molar-refractivity contribution is 5.99. The molecule has 5 fully saturated rings. The quantitative estimate of drug-likeness (QED) is 0.242. The van der Waals surface area contributed by atoms with Crippen LogP contribution in [0, 0.1) is 35.5 Å². The average Bonchev–Trinajstić information content (AvgIpc) is 3.87. The number of cyclic esters (lactones) is 1. The second kappa shape index (κ2) is 20.4. The number of aliphatic hydroxyl groups is 1. The number of para-hydroxylation sites is 1. The first-order valence-electron chi connectivity index (χ1n) is 23.9. The summed E-state index contributed by atoms with van der Waals surface area (Å²) in [7, 11) is 9.06. The normalized spacial score (nSPS) is 41.9. The molecule has 19 atom stereocenters. The van der Waals surface area contributed by atoms with E-state index < -0.39 is 54.9 Å². The number of hydrogen-bond acceptors (Lipinski definition) is 14. The Kier molecular flexibility index (Phi) is 15.2. The largest absolute Gasteiger partial charge is 0.462 e. The number of likely N-dealkylation sites (N-methyl/N-ethyl adjacent to an activating group) is 1. The highest BCUT2D eigenvalue weighted by Gasteiger charge is 2.60. The van der Waals surface area contributed by atoms with E-state index in [2.05, 4.69) is 43.4 Å². The Morgan fingerprint density at radius 2 is 1.64 bits per heavy atom. The Balaban J connectivity index is 1.13. The van der Waals surface area contributed by atoms with Crippen molar-refractivity contribution in [3.63, 3.8) is 0 Å². The molecule has 2 aromatic rings. The lowest BCUT2D eigenvalue weighted by Gasteiger charge is -2.47. The van der Waals surface area contributed by atoms with Crippen LogP contribution in [0.25, 0.3) is 10.9 Å². The fraction of sp³-hybridized carbons (Fsp3) is 0.740. The molecule has 3 aliphatic carbocycles. The van der Waals surface area contributed by atoms with E-state index in [4.69, 9.17) is 42.9 Å². The number of Topliss-reactive ketones (excluding diaryl/α,β-unsaturated/α-hetero) is 1. The number of nitrogens with one attached hydrogen (secondary N) is 1. The molecule has 2 saturated carbocycles. The summed E-state index contributed by atoms with van der Waals surface area (Å²) in [5.74, 6) is -2.03. The maximum atomic E-state index is 15.3. The first-order valence-corrected chi connectivity index (χ1v) is 23.9. The molecule has 64 heavy (non-hydrogen) atoms. The second-order valence-electron chi connectivity index (χ2n) is 19.7. The highest BCUT2D eigenvalue weighted by Crippen LogP contribution is 2.57. The summed E-state index contributed by atoms with van der Waals surface area (Å²) < 4.78 is 50.4. The maximum Gasteiger partial charge on any atom is 0.306 e. The summed E-state index contributed by atoms with van der Waals surface area (Å²) in [6.45, 7) is 8.07. The van der Waals surface area contributed by atoms with Gasteiger partial charge in [0.1, 0.15) is 24.4 Å². The molecule has 1 aromatic carbocycles. The van der Waals surface area contributed by atoms with Gasteiger partial charge in [0.25, 0.3) is 0 Å². The molecule has 3 aliphatic heterocycles. The van der Waals surface area contributed by atoms with E-state index >= 15 is 4.79 Å². The minimum Gasteiger partial charge on any atom is -0.462 e. The smallest absolute Gasteiger partial charge is 0.306 e. The number of esters is 1. The Labute approximate surface area is 379 Å². The predicted octanol–water partition coefficient (Wildman–Crippen LogP) is 6.32. The first-order chi connectivity index (χ1) is 30.8. The predicted molar refractivity (Wildman–Crippen MR) is 240 cm³/mol. The third-order valence-corrected chi connectivity index (χ3v) is 15.8. The molecule has 14 nitrogen and oxygen atoms in total. The van der Waals surface area contributed by atoms with Gasteiger partial charge in [-0.25, -0.2) is 0 Å². The molecule has 0 spiro atoms. The molecule has 0 bridgehead atoms. The van der Waals surface area contributed by atoms with Gasteiger partial charge in [-0.1, -0.05) is 38.1 Å². The van der Waals surface area contributed by atoms with Crippen molar-refractivity contribution in [1.29, 1.82) is 0 Å². The monoisotopic (exact) mass is 892 g/mol. The first kappa shape index (κ1) is 47.4. The molecular formula is C50H73N3O11. The number of allylic oxidation sites excluding steroid dienone is 2. The van der Waals surface area contributed by atoms with E-state index in [1.54, 1.807) is 27.5 Å². The molecular weight excluding hydrogens is 819 g/mol. The lowest BCUT2D eigenvalue weighted by molar-refractivity contribution is -0.314. The van der Waals surface area contributed by atoms with Crippen molar-refractivity contribution in [2.24, 2.45) is 35.5 Å². The van der Waals surface area contributed by atoms with Gasteiger partial charge in [-0.15, -0.1) is 0 Å². The van der Waals surface area contributed by atoms with E-state index in [0.29, 0.717) is 43.7 Å². The number of aromatic nitrogens is 1. The summed E-state index contributed by atoms with van der Waals surface area (Å²) in [5.41, 5.74) is 2.26. The van der Waals surface area contributed by atoms with Crippen LogP contribution in [-0.2, 0) is 47.5 Å². The highest BCUT2D eigenvalue weighted by atomic mass is 16.7. The summed E-state index contributed by atoms with van der Waals surface area (Å²) in [6, 6.07) is 9.76. The summed E-state index contributed by atoms with van der Waals surface area (Å²) >= 11 is 0. The zero-order valence-corrected chi connectivity index (χ0v) is 39.3.